The van der Waals surface area contributed by atoms with Crippen LogP contribution in [0.25, 0.3) is 0 Å². The van der Waals surface area contributed by atoms with Crippen LogP contribution in [0.4, 0.5) is 0 Å². The summed E-state index contributed by atoms with van der Waals surface area (Å²) in [5.74, 6) is 0.945. The lowest BCUT2D eigenvalue weighted by Crippen LogP contribution is -2.36. The first kappa shape index (κ1) is 9.71. The Morgan fingerprint density at radius 1 is 1.57 bits per heavy atom. The lowest BCUT2D eigenvalue weighted by Gasteiger charge is -2.27. The first-order chi connectivity index (χ1) is 6.84. The van der Waals surface area contributed by atoms with Gasteiger partial charge in [0.1, 0.15) is 0 Å². The van der Waals surface area contributed by atoms with Crippen LogP contribution in [0.1, 0.15) is 26.2 Å². The lowest BCUT2D eigenvalue weighted by atomic mass is 9.85. The summed E-state index contributed by atoms with van der Waals surface area (Å²) in [4.78, 5) is 4.03. The van der Waals surface area contributed by atoms with Crippen molar-refractivity contribution in [3.63, 3.8) is 0 Å². The minimum absolute atomic E-state index is 0.546. The summed E-state index contributed by atoms with van der Waals surface area (Å²) in [6.07, 6.45) is 10.00. The Kier molecular flexibility index (Phi) is 3.19. The largest absolute Gasteiger partial charge is 0.336 e. The van der Waals surface area contributed by atoms with Gasteiger partial charge in [0.05, 0.1) is 6.33 Å². The second kappa shape index (κ2) is 4.60. The number of hydrogen-bond acceptors (Lipinski definition) is 2. The van der Waals surface area contributed by atoms with E-state index in [-0.39, 0.29) is 0 Å². The Balaban J connectivity index is 1.65. The van der Waals surface area contributed by atoms with Gasteiger partial charge in [-0.3, -0.25) is 0 Å². The van der Waals surface area contributed by atoms with Crippen LogP contribution in [0.15, 0.2) is 18.7 Å². The fourth-order valence-corrected chi connectivity index (χ4v) is 1.84. The number of nitrogens with one attached hydrogen (secondary N) is 1. The van der Waals surface area contributed by atoms with Crippen molar-refractivity contribution in [3.8, 4) is 0 Å². The Morgan fingerprint density at radius 3 is 3.00 bits per heavy atom. The molecule has 1 aromatic rings. The number of aromatic nitrogens is 2. The van der Waals surface area contributed by atoms with Crippen molar-refractivity contribution in [2.24, 2.45) is 5.92 Å². The van der Waals surface area contributed by atoms with Gasteiger partial charge in [-0.2, -0.15) is 0 Å². The highest BCUT2D eigenvalue weighted by atomic mass is 15.1. The maximum absolute atomic E-state index is 4.03. The minimum Gasteiger partial charge on any atom is -0.336 e. The molecule has 1 saturated carbocycles. The van der Waals surface area contributed by atoms with Gasteiger partial charge in [0.25, 0.3) is 0 Å². The van der Waals surface area contributed by atoms with Crippen molar-refractivity contribution in [1.29, 1.82) is 0 Å². The van der Waals surface area contributed by atoms with E-state index in [1.165, 1.54) is 25.8 Å². The maximum atomic E-state index is 4.03. The molecule has 0 amide bonds. The van der Waals surface area contributed by atoms with Gasteiger partial charge >= 0.3 is 0 Å². The zero-order valence-electron chi connectivity index (χ0n) is 8.82. The molecule has 0 bridgehead atoms. The molecule has 1 N–H and O–H groups in total. The predicted molar refractivity (Wildman–Crippen MR) is 57.0 cm³/mol. The predicted octanol–water partition coefficient (Wildman–Crippen LogP) is 1.66. The molecule has 78 valence electrons. The van der Waals surface area contributed by atoms with Crippen LogP contribution in [-0.2, 0) is 6.54 Å². The third-order valence-corrected chi connectivity index (χ3v) is 3.02. The second-order valence-electron chi connectivity index (χ2n) is 4.37. The summed E-state index contributed by atoms with van der Waals surface area (Å²) < 4.78 is 2.12. The normalized spacial score (nSPS) is 19.2. The van der Waals surface area contributed by atoms with Gasteiger partial charge < -0.3 is 9.88 Å². The minimum atomic E-state index is 0.546. The maximum Gasteiger partial charge on any atom is 0.0946 e. The SMILES string of the molecule is CC(Cn1ccnc1)NCC1CCC1. The molecule has 1 heterocycles. The summed E-state index contributed by atoms with van der Waals surface area (Å²) in [6, 6.07) is 0.546. The molecule has 0 aromatic carbocycles. The zero-order valence-corrected chi connectivity index (χ0v) is 8.82. The number of imidazole rings is 1. The molecule has 1 unspecified atom stereocenters. The molecular formula is C11H19N3. The van der Waals surface area contributed by atoms with Crippen LogP contribution in [0.5, 0.6) is 0 Å². The smallest absolute Gasteiger partial charge is 0.0946 e. The molecule has 0 saturated heterocycles. The molecule has 3 nitrogen and oxygen atoms in total. The topological polar surface area (TPSA) is 29.9 Å². The molecular weight excluding hydrogens is 174 g/mol. The molecule has 1 aliphatic rings. The average Bonchev–Trinajstić information content (AvgIpc) is 2.54. The third kappa shape index (κ3) is 2.58. The number of nitrogens with zero attached hydrogens (tertiary/aromatic N) is 2. The zero-order chi connectivity index (χ0) is 9.80. The van der Waals surface area contributed by atoms with E-state index in [1.54, 1.807) is 0 Å². The molecule has 1 fully saturated rings. The van der Waals surface area contributed by atoms with Crippen LogP contribution < -0.4 is 5.32 Å². The average molecular weight is 193 g/mol. The monoisotopic (exact) mass is 193 g/mol. The summed E-state index contributed by atoms with van der Waals surface area (Å²) in [5, 5.41) is 3.57. The summed E-state index contributed by atoms with van der Waals surface area (Å²) in [5.41, 5.74) is 0. The molecule has 0 radical (unpaired) electrons. The van der Waals surface area contributed by atoms with E-state index in [4.69, 9.17) is 0 Å². The van der Waals surface area contributed by atoms with E-state index in [1.807, 2.05) is 18.7 Å². The van der Waals surface area contributed by atoms with Crippen molar-refractivity contribution in [2.75, 3.05) is 6.54 Å². The van der Waals surface area contributed by atoms with Gasteiger partial charge in [-0.05, 0) is 32.2 Å². The Labute approximate surface area is 85.5 Å². The van der Waals surface area contributed by atoms with Gasteiger partial charge in [0.15, 0.2) is 0 Å². The van der Waals surface area contributed by atoms with E-state index < -0.39 is 0 Å². The van der Waals surface area contributed by atoms with Gasteiger partial charge in [-0.1, -0.05) is 6.42 Å². The van der Waals surface area contributed by atoms with Gasteiger partial charge in [-0.25, -0.2) is 4.98 Å². The highest BCUT2D eigenvalue weighted by Gasteiger charge is 2.17. The fraction of sp³-hybridized carbons (Fsp3) is 0.727. The standard InChI is InChI=1S/C11H19N3/c1-10(8-14-6-5-12-9-14)13-7-11-3-2-4-11/h5-6,9-11,13H,2-4,7-8H2,1H3. The molecule has 1 aliphatic carbocycles. The lowest BCUT2D eigenvalue weighted by molar-refractivity contribution is 0.286. The summed E-state index contributed by atoms with van der Waals surface area (Å²) in [7, 11) is 0. The van der Waals surface area contributed by atoms with Crippen LogP contribution in [-0.4, -0.2) is 22.1 Å². The van der Waals surface area contributed by atoms with Crippen LogP contribution in [0, 0.1) is 5.92 Å². The van der Waals surface area contributed by atoms with Crippen LogP contribution in [0.2, 0.25) is 0 Å². The Bertz CT molecular complexity index is 252. The summed E-state index contributed by atoms with van der Waals surface area (Å²) in [6.45, 7) is 4.45. The van der Waals surface area contributed by atoms with Crippen molar-refractivity contribution in [2.45, 2.75) is 38.8 Å². The van der Waals surface area contributed by atoms with Crippen molar-refractivity contribution in [3.05, 3.63) is 18.7 Å². The van der Waals surface area contributed by atoms with E-state index in [0.717, 1.165) is 12.5 Å². The molecule has 3 heteroatoms. The third-order valence-electron chi connectivity index (χ3n) is 3.02. The van der Waals surface area contributed by atoms with Gasteiger partial charge in [-0.15, -0.1) is 0 Å². The molecule has 14 heavy (non-hydrogen) atoms. The quantitative estimate of drug-likeness (QED) is 0.770. The first-order valence-electron chi connectivity index (χ1n) is 5.53. The molecule has 1 aromatic heterocycles. The van der Waals surface area contributed by atoms with E-state index in [9.17, 15) is 0 Å². The Morgan fingerprint density at radius 2 is 2.43 bits per heavy atom. The molecule has 0 aliphatic heterocycles. The highest BCUT2D eigenvalue weighted by molar-refractivity contribution is 4.78. The van der Waals surface area contributed by atoms with E-state index in [2.05, 4.69) is 21.8 Å². The van der Waals surface area contributed by atoms with Crippen molar-refractivity contribution < 1.29 is 0 Å². The van der Waals surface area contributed by atoms with Crippen LogP contribution >= 0.6 is 0 Å². The molecule has 0 spiro atoms. The Hall–Kier alpha value is -0.830. The summed E-state index contributed by atoms with van der Waals surface area (Å²) >= 11 is 0. The van der Waals surface area contributed by atoms with Crippen molar-refractivity contribution >= 4 is 0 Å². The second-order valence-corrected chi connectivity index (χ2v) is 4.37. The van der Waals surface area contributed by atoms with Crippen molar-refractivity contribution in [1.82, 2.24) is 14.9 Å². The van der Waals surface area contributed by atoms with Gasteiger partial charge in [0.2, 0.25) is 0 Å². The number of hydrogen-bond donors (Lipinski definition) is 1. The van der Waals surface area contributed by atoms with E-state index in [0.29, 0.717) is 6.04 Å². The highest BCUT2D eigenvalue weighted by Crippen LogP contribution is 2.25. The molecule has 2 rings (SSSR count). The first-order valence-corrected chi connectivity index (χ1v) is 5.53. The van der Waals surface area contributed by atoms with Gasteiger partial charge in [0, 0.05) is 25.0 Å². The van der Waals surface area contributed by atoms with E-state index >= 15 is 0 Å². The van der Waals surface area contributed by atoms with Crippen LogP contribution in [0.3, 0.4) is 0 Å². The fourth-order valence-electron chi connectivity index (χ4n) is 1.84. The number of rotatable bonds is 5. The molecule has 1 atom stereocenters.